The van der Waals surface area contributed by atoms with Crippen LogP contribution in [0.3, 0.4) is 0 Å². The minimum Gasteiger partial charge on any atom is -0.444 e. The molecule has 16 heavy (non-hydrogen) atoms. The van der Waals surface area contributed by atoms with E-state index in [4.69, 9.17) is 4.74 Å². The number of alkyl carbamates (subject to hydrolysis) is 1. The summed E-state index contributed by atoms with van der Waals surface area (Å²) < 4.78 is 5.29. The molecule has 1 amide bonds. The van der Waals surface area contributed by atoms with Gasteiger partial charge < -0.3 is 15.0 Å². The van der Waals surface area contributed by atoms with Crippen molar-refractivity contribution in [1.29, 1.82) is 0 Å². The van der Waals surface area contributed by atoms with Crippen LogP contribution in [0.2, 0.25) is 0 Å². The van der Waals surface area contributed by atoms with Gasteiger partial charge in [0, 0.05) is 18.5 Å². The molecule has 0 radical (unpaired) electrons. The minimum absolute atomic E-state index is 0.271. The van der Waals surface area contributed by atoms with E-state index in [0.717, 1.165) is 13.1 Å². The maximum atomic E-state index is 11.7. The van der Waals surface area contributed by atoms with Gasteiger partial charge in [0.25, 0.3) is 0 Å². The van der Waals surface area contributed by atoms with E-state index in [9.17, 15) is 4.79 Å². The van der Waals surface area contributed by atoms with Crippen LogP contribution >= 0.6 is 0 Å². The molecule has 1 unspecified atom stereocenters. The molecule has 2 fully saturated rings. The number of hydrogen-bond acceptors (Lipinski definition) is 3. The Morgan fingerprint density at radius 2 is 2.06 bits per heavy atom. The summed E-state index contributed by atoms with van der Waals surface area (Å²) in [4.78, 5) is 14.0. The Balaban J connectivity index is 1.88. The van der Waals surface area contributed by atoms with Crippen molar-refractivity contribution in [2.24, 2.45) is 5.41 Å². The maximum absolute atomic E-state index is 11.7. The number of likely N-dealkylation sites (tertiary alicyclic amines) is 1. The highest BCUT2D eigenvalue weighted by molar-refractivity contribution is 5.68. The lowest BCUT2D eigenvalue weighted by molar-refractivity contribution is 0.0492. The second kappa shape index (κ2) is 3.62. The third kappa shape index (κ3) is 2.48. The average Bonchev–Trinajstić information content (AvgIpc) is 2.73. The Morgan fingerprint density at radius 3 is 2.56 bits per heavy atom. The van der Waals surface area contributed by atoms with Gasteiger partial charge in [-0.05, 0) is 40.7 Å². The van der Waals surface area contributed by atoms with Crippen LogP contribution in [0.1, 0.15) is 33.6 Å². The molecule has 0 bridgehead atoms. The van der Waals surface area contributed by atoms with Crippen LogP contribution in [0.25, 0.3) is 0 Å². The zero-order chi connectivity index (χ0) is 12.0. The van der Waals surface area contributed by atoms with Crippen LogP contribution in [-0.2, 0) is 4.74 Å². The highest BCUT2D eigenvalue weighted by Crippen LogP contribution is 2.52. The SMILES string of the molecule is CN1CC(NC(=O)OC(C)(C)C)C2(CC2)C1. The number of carbonyl (C=O) groups excluding carboxylic acids is 1. The smallest absolute Gasteiger partial charge is 0.407 e. The lowest BCUT2D eigenvalue weighted by Crippen LogP contribution is -2.43. The molecule has 2 rings (SSSR count). The lowest BCUT2D eigenvalue weighted by atomic mass is 10.0. The summed E-state index contributed by atoms with van der Waals surface area (Å²) in [6.45, 7) is 7.72. The third-order valence-corrected chi connectivity index (χ3v) is 3.40. The number of rotatable bonds is 1. The van der Waals surface area contributed by atoms with Crippen molar-refractivity contribution in [2.75, 3.05) is 20.1 Å². The van der Waals surface area contributed by atoms with Gasteiger partial charge in [-0.25, -0.2) is 4.79 Å². The minimum atomic E-state index is -0.411. The molecule has 92 valence electrons. The van der Waals surface area contributed by atoms with Crippen LogP contribution in [0.4, 0.5) is 4.79 Å². The van der Waals surface area contributed by atoms with Crippen molar-refractivity contribution in [3.05, 3.63) is 0 Å². The van der Waals surface area contributed by atoms with E-state index in [1.165, 1.54) is 12.8 Å². The molecule has 0 aromatic heterocycles. The number of nitrogens with zero attached hydrogens (tertiary/aromatic N) is 1. The van der Waals surface area contributed by atoms with E-state index in [2.05, 4.69) is 17.3 Å². The second-order valence-corrected chi connectivity index (χ2v) is 6.26. The molecule has 1 atom stereocenters. The molecule has 4 heteroatoms. The first-order chi connectivity index (χ1) is 7.31. The first kappa shape index (κ1) is 11.7. The van der Waals surface area contributed by atoms with E-state index >= 15 is 0 Å². The van der Waals surface area contributed by atoms with Gasteiger partial charge in [-0.2, -0.15) is 0 Å². The topological polar surface area (TPSA) is 41.6 Å². The number of hydrogen-bond donors (Lipinski definition) is 1. The molecule has 1 aliphatic carbocycles. The quantitative estimate of drug-likeness (QED) is 0.738. The molecule has 4 nitrogen and oxygen atoms in total. The van der Waals surface area contributed by atoms with Crippen LogP contribution in [0.15, 0.2) is 0 Å². The molecule has 1 saturated heterocycles. The molecule has 1 N–H and O–H groups in total. The lowest BCUT2D eigenvalue weighted by Gasteiger charge is -2.24. The largest absolute Gasteiger partial charge is 0.444 e. The number of nitrogens with one attached hydrogen (secondary N) is 1. The fraction of sp³-hybridized carbons (Fsp3) is 0.917. The molecule has 0 aromatic carbocycles. The normalized spacial score (nSPS) is 28.1. The average molecular weight is 226 g/mol. The van der Waals surface area contributed by atoms with Crippen molar-refractivity contribution < 1.29 is 9.53 Å². The summed E-state index contributed by atoms with van der Waals surface area (Å²) in [5, 5.41) is 3.02. The van der Waals surface area contributed by atoms with Crippen molar-refractivity contribution in [3.8, 4) is 0 Å². The predicted octanol–water partition coefficient (Wildman–Crippen LogP) is 1.61. The Labute approximate surface area is 97.3 Å². The van der Waals surface area contributed by atoms with Gasteiger partial charge in [-0.3, -0.25) is 0 Å². The van der Waals surface area contributed by atoms with Crippen molar-refractivity contribution in [1.82, 2.24) is 10.2 Å². The molecular formula is C12H22N2O2. The van der Waals surface area contributed by atoms with E-state index in [0.29, 0.717) is 5.41 Å². The van der Waals surface area contributed by atoms with Gasteiger partial charge in [0.1, 0.15) is 5.60 Å². The summed E-state index contributed by atoms with van der Waals surface area (Å²) in [5.74, 6) is 0. The number of carbonyl (C=O) groups is 1. The predicted molar refractivity (Wildman–Crippen MR) is 62.3 cm³/mol. The number of amides is 1. The molecular weight excluding hydrogens is 204 g/mol. The van der Waals surface area contributed by atoms with Gasteiger partial charge in [0.2, 0.25) is 0 Å². The van der Waals surface area contributed by atoms with Crippen LogP contribution in [-0.4, -0.2) is 42.8 Å². The van der Waals surface area contributed by atoms with Gasteiger partial charge in [-0.15, -0.1) is 0 Å². The Hall–Kier alpha value is -0.770. The van der Waals surface area contributed by atoms with Gasteiger partial charge in [0.05, 0.1) is 6.04 Å². The zero-order valence-electron chi connectivity index (χ0n) is 10.7. The van der Waals surface area contributed by atoms with Crippen LogP contribution < -0.4 is 5.32 Å². The van der Waals surface area contributed by atoms with Gasteiger partial charge in [0.15, 0.2) is 0 Å². The van der Waals surface area contributed by atoms with Crippen LogP contribution in [0, 0.1) is 5.41 Å². The van der Waals surface area contributed by atoms with E-state index < -0.39 is 5.60 Å². The van der Waals surface area contributed by atoms with Crippen molar-refractivity contribution in [2.45, 2.75) is 45.3 Å². The van der Waals surface area contributed by atoms with Gasteiger partial charge >= 0.3 is 6.09 Å². The fourth-order valence-electron chi connectivity index (χ4n) is 2.53. The first-order valence-corrected chi connectivity index (χ1v) is 5.99. The molecule has 1 spiro atoms. The van der Waals surface area contributed by atoms with Crippen LogP contribution in [0.5, 0.6) is 0 Å². The van der Waals surface area contributed by atoms with Crippen molar-refractivity contribution in [3.63, 3.8) is 0 Å². The van der Waals surface area contributed by atoms with E-state index in [1.807, 2.05) is 20.8 Å². The summed E-state index contributed by atoms with van der Waals surface area (Å²) in [7, 11) is 2.11. The molecule has 2 aliphatic rings. The fourth-order valence-corrected chi connectivity index (χ4v) is 2.53. The highest BCUT2D eigenvalue weighted by atomic mass is 16.6. The molecule has 1 aliphatic heterocycles. The highest BCUT2D eigenvalue weighted by Gasteiger charge is 2.54. The molecule has 0 aromatic rings. The number of ether oxygens (including phenoxy) is 1. The molecule has 1 heterocycles. The maximum Gasteiger partial charge on any atom is 0.407 e. The first-order valence-electron chi connectivity index (χ1n) is 5.99. The summed E-state index contributed by atoms with van der Waals surface area (Å²) in [6, 6.07) is 0.271. The van der Waals surface area contributed by atoms with E-state index in [1.54, 1.807) is 0 Å². The summed E-state index contributed by atoms with van der Waals surface area (Å²) in [5.41, 5.74) is -0.0586. The zero-order valence-corrected chi connectivity index (χ0v) is 10.7. The van der Waals surface area contributed by atoms with E-state index in [-0.39, 0.29) is 12.1 Å². The summed E-state index contributed by atoms with van der Waals surface area (Å²) in [6.07, 6.45) is 2.19. The standard InChI is InChI=1S/C12H22N2O2/c1-11(2,3)16-10(15)13-9-7-14(4)8-12(9)5-6-12/h9H,5-8H2,1-4H3,(H,13,15). The summed E-state index contributed by atoms with van der Waals surface area (Å²) >= 11 is 0. The second-order valence-electron chi connectivity index (χ2n) is 6.26. The monoisotopic (exact) mass is 226 g/mol. The Kier molecular flexibility index (Phi) is 2.65. The van der Waals surface area contributed by atoms with Crippen molar-refractivity contribution >= 4 is 6.09 Å². The van der Waals surface area contributed by atoms with Gasteiger partial charge in [-0.1, -0.05) is 0 Å². The third-order valence-electron chi connectivity index (χ3n) is 3.40. The molecule has 1 saturated carbocycles. The Bertz CT molecular complexity index is 292. The Morgan fingerprint density at radius 1 is 1.44 bits per heavy atom. The number of likely N-dealkylation sites (N-methyl/N-ethyl adjacent to an activating group) is 1.